The third-order valence-corrected chi connectivity index (χ3v) is 3.70. The Morgan fingerprint density at radius 2 is 2.11 bits per heavy atom. The van der Waals surface area contributed by atoms with Gasteiger partial charge in [0.05, 0.1) is 14.9 Å². The Hall–Kier alpha value is -1.13. The Morgan fingerprint density at radius 3 is 2.67 bits per heavy atom. The lowest BCUT2D eigenvalue weighted by atomic mass is 10.2. The number of aromatic nitrogens is 2. The zero-order chi connectivity index (χ0) is 13.1. The van der Waals surface area contributed by atoms with Crippen LogP contribution < -0.4 is 5.32 Å². The van der Waals surface area contributed by atoms with Crippen molar-refractivity contribution in [3.8, 4) is 10.6 Å². The molecule has 0 fully saturated rings. The van der Waals surface area contributed by atoms with E-state index < -0.39 is 0 Å². The van der Waals surface area contributed by atoms with Crippen molar-refractivity contribution in [1.82, 2.24) is 9.97 Å². The highest BCUT2D eigenvalue weighted by molar-refractivity contribution is 7.19. The molecule has 0 radical (unpaired) electrons. The first-order chi connectivity index (χ1) is 8.60. The lowest BCUT2D eigenvalue weighted by Gasteiger charge is -2.10. The first kappa shape index (κ1) is 13.3. The van der Waals surface area contributed by atoms with Crippen molar-refractivity contribution in [1.29, 1.82) is 0 Å². The third-order valence-electron chi connectivity index (χ3n) is 2.44. The number of anilines is 1. The van der Waals surface area contributed by atoms with Gasteiger partial charge in [-0.2, -0.15) is 0 Å². The minimum Gasteiger partial charge on any atom is -0.370 e. The summed E-state index contributed by atoms with van der Waals surface area (Å²) in [6.07, 6.45) is 0. The van der Waals surface area contributed by atoms with E-state index in [-0.39, 0.29) is 0 Å². The summed E-state index contributed by atoms with van der Waals surface area (Å²) >= 11 is 7.51. The normalized spacial score (nSPS) is 10.9. The molecule has 0 unspecified atom stereocenters. The van der Waals surface area contributed by atoms with E-state index in [2.05, 4.69) is 36.1 Å². The van der Waals surface area contributed by atoms with Gasteiger partial charge in [-0.25, -0.2) is 9.97 Å². The summed E-state index contributed by atoms with van der Waals surface area (Å²) in [7, 11) is 0. The predicted octanol–water partition coefficient (Wildman–Crippen LogP) is 4.41. The molecule has 18 heavy (non-hydrogen) atoms. The Balaban J connectivity index is 2.45. The summed E-state index contributed by atoms with van der Waals surface area (Å²) in [4.78, 5) is 10.2. The average Bonchev–Trinajstić information content (AvgIpc) is 2.76. The van der Waals surface area contributed by atoms with Crippen molar-refractivity contribution in [2.75, 3.05) is 11.9 Å². The van der Waals surface area contributed by atoms with Gasteiger partial charge in [0.1, 0.15) is 11.6 Å². The van der Waals surface area contributed by atoms with Crippen LogP contribution in [-0.2, 0) is 0 Å². The first-order valence-electron chi connectivity index (χ1n) is 5.98. The topological polar surface area (TPSA) is 37.8 Å². The molecular formula is C13H16ClN3S. The van der Waals surface area contributed by atoms with Crippen LogP contribution in [-0.4, -0.2) is 16.5 Å². The molecule has 0 bridgehead atoms. The number of nitrogens with one attached hydrogen (secondary N) is 1. The molecule has 2 aromatic heterocycles. The molecule has 1 N–H and O–H groups in total. The maximum Gasteiger partial charge on any atom is 0.133 e. The minimum atomic E-state index is 0.304. The van der Waals surface area contributed by atoms with E-state index in [1.54, 1.807) is 0 Å². The van der Waals surface area contributed by atoms with Gasteiger partial charge in [-0.15, -0.1) is 11.3 Å². The quantitative estimate of drug-likeness (QED) is 0.902. The van der Waals surface area contributed by atoms with E-state index in [1.165, 1.54) is 11.3 Å². The fourth-order valence-corrected chi connectivity index (χ4v) is 2.58. The third kappa shape index (κ3) is 3.00. The highest BCUT2D eigenvalue weighted by Crippen LogP contribution is 2.31. The monoisotopic (exact) mass is 281 g/mol. The summed E-state index contributed by atoms with van der Waals surface area (Å²) in [5.74, 6) is 2.03. The van der Waals surface area contributed by atoms with Gasteiger partial charge in [-0.3, -0.25) is 0 Å². The van der Waals surface area contributed by atoms with E-state index >= 15 is 0 Å². The van der Waals surface area contributed by atoms with Crippen LogP contribution in [0.4, 0.5) is 5.82 Å². The van der Waals surface area contributed by atoms with Crippen LogP contribution in [0.2, 0.25) is 4.34 Å². The molecule has 0 saturated carbocycles. The van der Waals surface area contributed by atoms with Gasteiger partial charge in [-0.05, 0) is 19.1 Å². The summed E-state index contributed by atoms with van der Waals surface area (Å²) in [5, 5.41) is 3.24. The van der Waals surface area contributed by atoms with Crippen molar-refractivity contribution in [3.63, 3.8) is 0 Å². The van der Waals surface area contributed by atoms with Crippen molar-refractivity contribution in [3.05, 3.63) is 28.4 Å². The second-order valence-electron chi connectivity index (χ2n) is 4.29. The molecule has 0 aliphatic heterocycles. The van der Waals surface area contributed by atoms with E-state index in [0.29, 0.717) is 5.92 Å². The molecule has 2 rings (SSSR count). The van der Waals surface area contributed by atoms with Gasteiger partial charge in [0.2, 0.25) is 0 Å². The Labute approximate surface area is 116 Å². The van der Waals surface area contributed by atoms with E-state index in [4.69, 9.17) is 11.6 Å². The average molecular weight is 282 g/mol. The molecule has 2 heterocycles. The number of hydrogen-bond donors (Lipinski definition) is 1. The number of thiophene rings is 1. The van der Waals surface area contributed by atoms with Crippen LogP contribution in [0.1, 0.15) is 32.5 Å². The zero-order valence-corrected chi connectivity index (χ0v) is 12.3. The highest BCUT2D eigenvalue weighted by Gasteiger charge is 2.10. The number of halogens is 1. The van der Waals surface area contributed by atoms with Crippen molar-refractivity contribution >= 4 is 28.8 Å². The second kappa shape index (κ2) is 5.67. The number of nitrogens with zero attached hydrogens (tertiary/aromatic N) is 2. The molecule has 0 amide bonds. The lowest BCUT2D eigenvalue weighted by molar-refractivity contribution is 0.777. The molecule has 0 aromatic carbocycles. The van der Waals surface area contributed by atoms with Gasteiger partial charge >= 0.3 is 0 Å². The summed E-state index contributed by atoms with van der Waals surface area (Å²) in [6, 6.07) is 5.86. The van der Waals surface area contributed by atoms with E-state index in [1.807, 2.05) is 18.2 Å². The van der Waals surface area contributed by atoms with Crippen molar-refractivity contribution < 1.29 is 0 Å². The molecule has 0 aliphatic carbocycles. The maximum atomic E-state index is 5.97. The maximum absolute atomic E-state index is 5.97. The molecule has 3 nitrogen and oxygen atoms in total. The van der Waals surface area contributed by atoms with Crippen LogP contribution in [0.25, 0.3) is 10.6 Å². The smallest absolute Gasteiger partial charge is 0.133 e. The van der Waals surface area contributed by atoms with E-state index in [9.17, 15) is 0 Å². The lowest BCUT2D eigenvalue weighted by Crippen LogP contribution is -2.05. The molecule has 0 spiro atoms. The van der Waals surface area contributed by atoms with Crippen LogP contribution in [0.3, 0.4) is 0 Å². The molecule has 96 valence electrons. The zero-order valence-electron chi connectivity index (χ0n) is 10.7. The molecule has 0 aliphatic rings. The van der Waals surface area contributed by atoms with Gasteiger partial charge < -0.3 is 5.32 Å². The van der Waals surface area contributed by atoms with Gasteiger partial charge in [-0.1, -0.05) is 25.4 Å². The molecule has 0 saturated heterocycles. The fraction of sp³-hybridized carbons (Fsp3) is 0.385. The van der Waals surface area contributed by atoms with Crippen LogP contribution in [0.5, 0.6) is 0 Å². The highest BCUT2D eigenvalue weighted by atomic mass is 35.5. The molecule has 5 heteroatoms. The summed E-state index contributed by atoms with van der Waals surface area (Å²) in [6.45, 7) is 7.09. The Bertz CT molecular complexity index is 537. The standard InChI is InChI=1S/C13H16ClN3S/c1-4-15-12-7-9(10-5-6-11(14)18-10)16-13(17-12)8(2)3/h5-8H,4H2,1-3H3,(H,15,16,17). The summed E-state index contributed by atoms with van der Waals surface area (Å²) in [5.41, 5.74) is 0.932. The molecule has 2 aromatic rings. The minimum absolute atomic E-state index is 0.304. The second-order valence-corrected chi connectivity index (χ2v) is 6.00. The predicted molar refractivity (Wildman–Crippen MR) is 78.6 cm³/mol. The largest absolute Gasteiger partial charge is 0.370 e. The van der Waals surface area contributed by atoms with Crippen LogP contribution in [0, 0.1) is 0 Å². The number of rotatable bonds is 4. The van der Waals surface area contributed by atoms with E-state index in [0.717, 1.165) is 33.1 Å². The number of hydrogen-bond acceptors (Lipinski definition) is 4. The van der Waals surface area contributed by atoms with Gasteiger partial charge in [0.15, 0.2) is 0 Å². The molecule has 0 atom stereocenters. The Kier molecular flexibility index (Phi) is 4.19. The van der Waals surface area contributed by atoms with Crippen LogP contribution >= 0.6 is 22.9 Å². The summed E-state index contributed by atoms with van der Waals surface area (Å²) < 4.78 is 0.778. The van der Waals surface area contributed by atoms with Gasteiger partial charge in [0.25, 0.3) is 0 Å². The Morgan fingerprint density at radius 1 is 1.33 bits per heavy atom. The van der Waals surface area contributed by atoms with Crippen LogP contribution in [0.15, 0.2) is 18.2 Å². The van der Waals surface area contributed by atoms with Crippen molar-refractivity contribution in [2.24, 2.45) is 0 Å². The SMILES string of the molecule is CCNc1cc(-c2ccc(Cl)s2)nc(C(C)C)n1. The fourth-order valence-electron chi connectivity index (χ4n) is 1.57. The first-order valence-corrected chi connectivity index (χ1v) is 7.18. The van der Waals surface area contributed by atoms with Gasteiger partial charge in [0, 0.05) is 18.5 Å². The van der Waals surface area contributed by atoms with Crippen molar-refractivity contribution in [2.45, 2.75) is 26.7 Å². The molecular weight excluding hydrogens is 266 g/mol.